The van der Waals surface area contributed by atoms with Crippen molar-refractivity contribution in [2.24, 2.45) is 0 Å². The van der Waals surface area contributed by atoms with Gasteiger partial charge in [0, 0.05) is 17.8 Å². The molecule has 0 saturated heterocycles. The molecule has 1 aliphatic carbocycles. The van der Waals surface area contributed by atoms with Gasteiger partial charge in [-0.1, -0.05) is 24.3 Å². The van der Waals surface area contributed by atoms with Crippen LogP contribution in [-0.2, 0) is 6.42 Å². The SMILES string of the molecule is O=C(NC1CCCc2ccccc21)c1ncc2cccnc2c1O. The standard InChI is InChI=1S/C19H17N3O2/c23-18-16-13(7-4-10-20-16)11-21-17(18)19(24)22-15-9-3-6-12-5-1-2-8-14(12)15/h1-2,4-5,7-8,10-11,15,23H,3,6,9H2,(H,22,24). The van der Waals surface area contributed by atoms with Crippen molar-refractivity contribution in [1.82, 2.24) is 15.3 Å². The molecule has 5 nitrogen and oxygen atoms in total. The third-order valence-corrected chi connectivity index (χ3v) is 4.51. The third kappa shape index (κ3) is 2.48. The van der Waals surface area contributed by atoms with E-state index in [1.807, 2.05) is 12.1 Å². The van der Waals surface area contributed by atoms with Crippen LogP contribution in [-0.4, -0.2) is 21.0 Å². The molecule has 2 aromatic heterocycles. The Kier molecular flexibility index (Phi) is 3.61. The summed E-state index contributed by atoms with van der Waals surface area (Å²) in [4.78, 5) is 20.9. The molecule has 0 bridgehead atoms. The van der Waals surface area contributed by atoms with Crippen LogP contribution in [0.15, 0.2) is 48.8 Å². The van der Waals surface area contributed by atoms with Crippen molar-refractivity contribution in [3.8, 4) is 5.75 Å². The Morgan fingerprint density at radius 3 is 2.96 bits per heavy atom. The van der Waals surface area contributed by atoms with Gasteiger partial charge >= 0.3 is 0 Å². The summed E-state index contributed by atoms with van der Waals surface area (Å²) in [5.74, 6) is -0.545. The molecule has 2 heterocycles. The van der Waals surface area contributed by atoms with Crippen molar-refractivity contribution in [1.29, 1.82) is 0 Å². The van der Waals surface area contributed by atoms with Crippen molar-refractivity contribution in [2.45, 2.75) is 25.3 Å². The fourth-order valence-corrected chi connectivity index (χ4v) is 3.32. The number of pyridine rings is 2. The van der Waals surface area contributed by atoms with E-state index in [4.69, 9.17) is 0 Å². The summed E-state index contributed by atoms with van der Waals surface area (Å²) in [5, 5.41) is 14.1. The van der Waals surface area contributed by atoms with E-state index in [0.29, 0.717) is 10.9 Å². The van der Waals surface area contributed by atoms with Gasteiger partial charge in [0.15, 0.2) is 11.4 Å². The number of nitrogens with zero attached hydrogens (tertiary/aromatic N) is 2. The second-order valence-electron chi connectivity index (χ2n) is 6.01. The number of aromatic hydroxyl groups is 1. The van der Waals surface area contributed by atoms with E-state index in [1.54, 1.807) is 24.5 Å². The first-order valence-electron chi connectivity index (χ1n) is 8.05. The van der Waals surface area contributed by atoms with E-state index >= 15 is 0 Å². The van der Waals surface area contributed by atoms with Crippen LogP contribution in [0.2, 0.25) is 0 Å². The van der Waals surface area contributed by atoms with E-state index in [2.05, 4.69) is 27.4 Å². The number of carbonyl (C=O) groups is 1. The van der Waals surface area contributed by atoms with Gasteiger partial charge in [-0.05, 0) is 42.5 Å². The number of fused-ring (bicyclic) bond motifs is 2. The maximum atomic E-state index is 12.6. The average molecular weight is 319 g/mol. The molecule has 120 valence electrons. The second kappa shape index (κ2) is 5.92. The van der Waals surface area contributed by atoms with Crippen LogP contribution in [0.5, 0.6) is 5.75 Å². The van der Waals surface area contributed by atoms with Crippen molar-refractivity contribution in [3.63, 3.8) is 0 Å². The van der Waals surface area contributed by atoms with E-state index in [-0.39, 0.29) is 23.4 Å². The quantitative estimate of drug-likeness (QED) is 0.761. The number of hydrogen-bond acceptors (Lipinski definition) is 4. The third-order valence-electron chi connectivity index (χ3n) is 4.51. The molecule has 4 rings (SSSR count). The van der Waals surface area contributed by atoms with Gasteiger partial charge in [-0.25, -0.2) is 4.98 Å². The fourth-order valence-electron chi connectivity index (χ4n) is 3.32. The van der Waals surface area contributed by atoms with Crippen LogP contribution in [0.25, 0.3) is 10.9 Å². The summed E-state index contributed by atoms with van der Waals surface area (Å²) in [6, 6.07) is 11.7. The molecule has 24 heavy (non-hydrogen) atoms. The van der Waals surface area contributed by atoms with Gasteiger partial charge in [0.05, 0.1) is 6.04 Å². The minimum Gasteiger partial charge on any atom is -0.504 e. The molecule has 1 unspecified atom stereocenters. The molecule has 2 N–H and O–H groups in total. The summed E-state index contributed by atoms with van der Waals surface area (Å²) in [6.07, 6.45) is 6.09. The zero-order valence-corrected chi connectivity index (χ0v) is 13.1. The van der Waals surface area contributed by atoms with Crippen LogP contribution in [0.4, 0.5) is 0 Å². The lowest BCUT2D eigenvalue weighted by Gasteiger charge is -2.26. The number of nitrogens with one attached hydrogen (secondary N) is 1. The van der Waals surface area contributed by atoms with Gasteiger partial charge in [0.1, 0.15) is 5.52 Å². The number of benzene rings is 1. The van der Waals surface area contributed by atoms with Crippen LogP contribution in [0.3, 0.4) is 0 Å². The first-order chi connectivity index (χ1) is 11.7. The van der Waals surface area contributed by atoms with Gasteiger partial charge < -0.3 is 10.4 Å². The summed E-state index contributed by atoms with van der Waals surface area (Å²) >= 11 is 0. The molecule has 1 aromatic carbocycles. The molecule has 1 amide bonds. The Hall–Kier alpha value is -2.95. The summed E-state index contributed by atoms with van der Waals surface area (Å²) in [6.45, 7) is 0. The summed E-state index contributed by atoms with van der Waals surface area (Å²) in [7, 11) is 0. The number of rotatable bonds is 2. The molecule has 0 radical (unpaired) electrons. The first kappa shape index (κ1) is 14.6. The van der Waals surface area contributed by atoms with Crippen molar-refractivity contribution in [3.05, 3.63) is 65.6 Å². The lowest BCUT2D eigenvalue weighted by atomic mass is 9.87. The van der Waals surface area contributed by atoms with E-state index in [1.165, 1.54) is 5.56 Å². The number of aryl methyl sites for hydroxylation is 1. The van der Waals surface area contributed by atoms with E-state index in [0.717, 1.165) is 24.8 Å². The highest BCUT2D eigenvalue weighted by molar-refractivity contribution is 6.00. The highest BCUT2D eigenvalue weighted by atomic mass is 16.3. The fraction of sp³-hybridized carbons (Fsp3) is 0.211. The van der Waals surface area contributed by atoms with Crippen LogP contribution < -0.4 is 5.32 Å². The minimum absolute atomic E-state index is 0.0178. The smallest absolute Gasteiger partial charge is 0.274 e. The predicted molar refractivity (Wildman–Crippen MR) is 90.8 cm³/mol. The van der Waals surface area contributed by atoms with Crippen LogP contribution in [0.1, 0.15) is 40.5 Å². The van der Waals surface area contributed by atoms with Crippen LogP contribution in [0, 0.1) is 0 Å². The second-order valence-corrected chi connectivity index (χ2v) is 6.01. The van der Waals surface area contributed by atoms with E-state index < -0.39 is 0 Å². The molecule has 0 fully saturated rings. The molecular weight excluding hydrogens is 302 g/mol. The Labute approximate surface area is 139 Å². The number of amides is 1. The molecule has 0 saturated carbocycles. The van der Waals surface area contributed by atoms with Gasteiger partial charge in [-0.3, -0.25) is 9.78 Å². The average Bonchev–Trinajstić information content (AvgIpc) is 2.62. The molecule has 3 aromatic rings. The number of hydrogen-bond donors (Lipinski definition) is 2. The topological polar surface area (TPSA) is 75.1 Å². The normalized spacial score (nSPS) is 16.6. The van der Waals surface area contributed by atoms with Crippen molar-refractivity contribution in [2.75, 3.05) is 0 Å². The molecule has 0 aliphatic heterocycles. The Morgan fingerprint density at radius 1 is 1.17 bits per heavy atom. The maximum absolute atomic E-state index is 12.6. The molecule has 1 atom stereocenters. The van der Waals surface area contributed by atoms with Gasteiger partial charge in [0.2, 0.25) is 0 Å². The number of carbonyl (C=O) groups excluding carboxylic acids is 1. The Morgan fingerprint density at radius 2 is 2.04 bits per heavy atom. The lowest BCUT2D eigenvalue weighted by molar-refractivity contribution is 0.0925. The van der Waals surface area contributed by atoms with Gasteiger partial charge in [0.25, 0.3) is 5.91 Å². The summed E-state index contributed by atoms with van der Waals surface area (Å²) in [5.41, 5.74) is 2.83. The van der Waals surface area contributed by atoms with Crippen molar-refractivity contribution >= 4 is 16.8 Å². The highest BCUT2D eigenvalue weighted by Gasteiger charge is 2.24. The molecule has 1 aliphatic rings. The van der Waals surface area contributed by atoms with Gasteiger partial charge in [-0.15, -0.1) is 0 Å². The van der Waals surface area contributed by atoms with E-state index in [9.17, 15) is 9.90 Å². The maximum Gasteiger partial charge on any atom is 0.274 e. The number of aromatic nitrogens is 2. The van der Waals surface area contributed by atoms with Crippen LogP contribution >= 0.6 is 0 Å². The zero-order valence-electron chi connectivity index (χ0n) is 13.1. The zero-order chi connectivity index (χ0) is 16.5. The summed E-state index contributed by atoms with van der Waals surface area (Å²) < 4.78 is 0. The molecule has 0 spiro atoms. The predicted octanol–water partition coefficient (Wildman–Crippen LogP) is 3.14. The van der Waals surface area contributed by atoms with Crippen molar-refractivity contribution < 1.29 is 9.90 Å². The highest BCUT2D eigenvalue weighted by Crippen LogP contribution is 2.30. The molecular formula is C19H17N3O2. The lowest BCUT2D eigenvalue weighted by Crippen LogP contribution is -2.31. The molecule has 5 heteroatoms. The Bertz CT molecular complexity index is 923. The monoisotopic (exact) mass is 319 g/mol. The van der Waals surface area contributed by atoms with Gasteiger partial charge in [-0.2, -0.15) is 0 Å². The largest absolute Gasteiger partial charge is 0.504 e. The minimum atomic E-state index is -0.373. The first-order valence-corrected chi connectivity index (χ1v) is 8.05. The Balaban J connectivity index is 1.65.